The van der Waals surface area contributed by atoms with Crippen LogP contribution in [0.2, 0.25) is 0 Å². The molecule has 0 amide bonds. The lowest BCUT2D eigenvalue weighted by Crippen LogP contribution is -2.00. The van der Waals surface area contributed by atoms with Crippen LogP contribution in [-0.4, -0.2) is 15.0 Å². The van der Waals surface area contributed by atoms with Gasteiger partial charge in [0.15, 0.2) is 17.5 Å². The largest absolute Gasteiger partial charge is 0.208 e. The molecular formula is C42H33N3. The van der Waals surface area contributed by atoms with Gasteiger partial charge in [-0.1, -0.05) is 144 Å². The van der Waals surface area contributed by atoms with Crippen LogP contribution in [-0.2, 0) is 0 Å². The van der Waals surface area contributed by atoms with Gasteiger partial charge in [-0.15, -0.1) is 0 Å². The number of hydrogen-bond acceptors (Lipinski definition) is 3. The molecule has 1 heterocycles. The monoisotopic (exact) mass is 579 g/mol. The molecule has 45 heavy (non-hydrogen) atoms. The molecule has 0 saturated heterocycles. The van der Waals surface area contributed by atoms with E-state index in [1.165, 1.54) is 33.4 Å². The Kier molecular flexibility index (Phi) is 7.59. The lowest BCUT2D eigenvalue weighted by molar-refractivity contribution is 1.07. The normalized spacial score (nSPS) is 11.0. The summed E-state index contributed by atoms with van der Waals surface area (Å²) in [5.41, 5.74) is 13.4. The number of benzene rings is 6. The smallest absolute Gasteiger partial charge is 0.164 e. The second-order valence-electron chi connectivity index (χ2n) is 11.7. The van der Waals surface area contributed by atoms with Gasteiger partial charge < -0.3 is 0 Å². The maximum Gasteiger partial charge on any atom is 0.164 e. The number of nitrogens with zero attached hydrogens (tertiary/aromatic N) is 3. The van der Waals surface area contributed by atoms with E-state index in [1.54, 1.807) is 0 Å². The van der Waals surface area contributed by atoms with Crippen LogP contribution in [0.4, 0.5) is 0 Å². The predicted molar refractivity (Wildman–Crippen MR) is 187 cm³/mol. The summed E-state index contributed by atoms with van der Waals surface area (Å²) in [5, 5.41) is 0. The molecule has 0 aliphatic rings. The third-order valence-corrected chi connectivity index (χ3v) is 8.05. The topological polar surface area (TPSA) is 38.7 Å². The Bertz CT molecular complexity index is 1900. The number of hydrogen-bond donors (Lipinski definition) is 0. The molecule has 7 rings (SSSR count). The molecule has 0 spiro atoms. The highest BCUT2D eigenvalue weighted by molar-refractivity contribution is 5.76. The van der Waals surface area contributed by atoms with Gasteiger partial charge >= 0.3 is 0 Å². The van der Waals surface area contributed by atoms with Crippen LogP contribution >= 0.6 is 0 Å². The van der Waals surface area contributed by atoms with Gasteiger partial charge in [-0.3, -0.25) is 0 Å². The van der Waals surface area contributed by atoms with Crippen molar-refractivity contribution in [1.82, 2.24) is 15.0 Å². The number of aromatic nitrogens is 3. The Hall–Kier alpha value is -5.67. The van der Waals surface area contributed by atoms with Gasteiger partial charge in [-0.2, -0.15) is 0 Å². The molecule has 0 unspecified atom stereocenters. The Morgan fingerprint density at radius 2 is 0.489 bits per heavy atom. The fourth-order valence-corrected chi connectivity index (χ4v) is 5.75. The Labute approximate surface area is 265 Å². The molecule has 216 valence electrons. The zero-order valence-corrected chi connectivity index (χ0v) is 25.7. The van der Waals surface area contributed by atoms with E-state index in [2.05, 4.69) is 166 Å². The van der Waals surface area contributed by atoms with Crippen molar-refractivity contribution in [3.8, 4) is 67.5 Å². The van der Waals surface area contributed by atoms with Crippen LogP contribution in [0.3, 0.4) is 0 Å². The molecule has 0 N–H and O–H groups in total. The van der Waals surface area contributed by atoms with Crippen molar-refractivity contribution in [3.63, 3.8) is 0 Å². The summed E-state index contributed by atoms with van der Waals surface area (Å²) < 4.78 is 0. The first-order valence-corrected chi connectivity index (χ1v) is 15.3. The van der Waals surface area contributed by atoms with Gasteiger partial charge in [0.25, 0.3) is 0 Å². The van der Waals surface area contributed by atoms with Crippen molar-refractivity contribution < 1.29 is 0 Å². The van der Waals surface area contributed by atoms with Crippen LogP contribution in [0.15, 0.2) is 146 Å². The lowest BCUT2D eigenvalue weighted by Gasteiger charge is -2.12. The third-order valence-electron chi connectivity index (χ3n) is 8.05. The molecule has 0 aliphatic carbocycles. The van der Waals surface area contributed by atoms with Crippen LogP contribution in [0.1, 0.15) is 16.7 Å². The standard InChI is InChI=1S/C42H33N3/c1-28-10-4-13-31(22-28)34-16-7-19-37(25-34)40-43-41(38-20-8-17-35(26-38)32-14-5-11-29(2)23-32)45-42(44-40)39-21-9-18-36(27-39)33-15-6-12-30(3)24-33/h4-27H,1-3H3. The first-order chi connectivity index (χ1) is 22.0. The maximum absolute atomic E-state index is 5.07. The third kappa shape index (κ3) is 6.20. The Morgan fingerprint density at radius 1 is 0.267 bits per heavy atom. The minimum atomic E-state index is 0.645. The van der Waals surface area contributed by atoms with Gasteiger partial charge in [0.2, 0.25) is 0 Å². The Morgan fingerprint density at radius 3 is 0.756 bits per heavy atom. The molecule has 3 heteroatoms. The van der Waals surface area contributed by atoms with Crippen LogP contribution in [0.25, 0.3) is 67.5 Å². The molecular weight excluding hydrogens is 546 g/mol. The van der Waals surface area contributed by atoms with Crippen LogP contribution in [0.5, 0.6) is 0 Å². The summed E-state index contributed by atoms with van der Waals surface area (Å²) in [6.45, 7) is 6.36. The summed E-state index contributed by atoms with van der Waals surface area (Å²) in [4.78, 5) is 15.2. The van der Waals surface area contributed by atoms with Gasteiger partial charge in [0.05, 0.1) is 0 Å². The minimum Gasteiger partial charge on any atom is -0.208 e. The van der Waals surface area contributed by atoms with Crippen LogP contribution < -0.4 is 0 Å². The highest BCUT2D eigenvalue weighted by atomic mass is 15.0. The van der Waals surface area contributed by atoms with Crippen molar-refractivity contribution in [2.45, 2.75) is 20.8 Å². The van der Waals surface area contributed by atoms with Gasteiger partial charge in [0.1, 0.15) is 0 Å². The molecule has 7 aromatic rings. The summed E-state index contributed by atoms with van der Waals surface area (Å²) in [6.07, 6.45) is 0. The summed E-state index contributed by atoms with van der Waals surface area (Å²) in [5.74, 6) is 1.93. The highest BCUT2D eigenvalue weighted by Crippen LogP contribution is 2.32. The van der Waals surface area contributed by atoms with E-state index in [1.807, 2.05) is 0 Å². The zero-order chi connectivity index (χ0) is 30.8. The van der Waals surface area contributed by atoms with Crippen molar-refractivity contribution in [3.05, 3.63) is 162 Å². The molecule has 1 aromatic heterocycles. The predicted octanol–water partition coefficient (Wildman–Crippen LogP) is 10.8. The van der Waals surface area contributed by atoms with E-state index in [4.69, 9.17) is 15.0 Å². The average molecular weight is 580 g/mol. The van der Waals surface area contributed by atoms with Crippen molar-refractivity contribution in [1.29, 1.82) is 0 Å². The second kappa shape index (κ2) is 12.1. The molecule has 0 bridgehead atoms. The summed E-state index contributed by atoms with van der Waals surface area (Å²) >= 11 is 0. The van der Waals surface area contributed by atoms with E-state index in [0.29, 0.717) is 17.5 Å². The van der Waals surface area contributed by atoms with E-state index in [0.717, 1.165) is 33.4 Å². The molecule has 0 radical (unpaired) electrons. The van der Waals surface area contributed by atoms with Gasteiger partial charge in [0, 0.05) is 16.7 Å². The van der Waals surface area contributed by atoms with Crippen molar-refractivity contribution in [2.24, 2.45) is 0 Å². The SMILES string of the molecule is Cc1cccc(-c2cccc(-c3nc(-c4cccc(-c5cccc(C)c5)c4)nc(-c4cccc(-c5cccc(C)c5)c4)n3)c2)c1. The fraction of sp³-hybridized carbons (Fsp3) is 0.0714. The highest BCUT2D eigenvalue weighted by Gasteiger charge is 2.15. The molecule has 0 saturated carbocycles. The maximum atomic E-state index is 5.07. The first kappa shape index (κ1) is 28.1. The number of rotatable bonds is 6. The second-order valence-corrected chi connectivity index (χ2v) is 11.7. The quantitative estimate of drug-likeness (QED) is 0.197. The molecule has 0 fully saturated rings. The van der Waals surface area contributed by atoms with Crippen molar-refractivity contribution in [2.75, 3.05) is 0 Å². The molecule has 3 nitrogen and oxygen atoms in total. The summed E-state index contributed by atoms with van der Waals surface area (Å²) in [6, 6.07) is 51.1. The van der Waals surface area contributed by atoms with E-state index in [-0.39, 0.29) is 0 Å². The van der Waals surface area contributed by atoms with E-state index < -0.39 is 0 Å². The van der Waals surface area contributed by atoms with Gasteiger partial charge in [-0.05, 0) is 72.4 Å². The van der Waals surface area contributed by atoms with E-state index >= 15 is 0 Å². The molecule has 0 aliphatic heterocycles. The molecule has 0 atom stereocenters. The van der Waals surface area contributed by atoms with Crippen molar-refractivity contribution >= 4 is 0 Å². The van der Waals surface area contributed by atoms with Gasteiger partial charge in [-0.25, -0.2) is 15.0 Å². The van der Waals surface area contributed by atoms with Crippen LogP contribution in [0, 0.1) is 20.8 Å². The minimum absolute atomic E-state index is 0.645. The Balaban J connectivity index is 1.38. The number of aryl methyl sites for hydroxylation is 3. The van der Waals surface area contributed by atoms with E-state index in [9.17, 15) is 0 Å². The molecule has 6 aromatic carbocycles. The zero-order valence-electron chi connectivity index (χ0n) is 25.7. The first-order valence-electron chi connectivity index (χ1n) is 15.3. The average Bonchev–Trinajstić information content (AvgIpc) is 3.08. The fourth-order valence-electron chi connectivity index (χ4n) is 5.75. The summed E-state index contributed by atoms with van der Waals surface area (Å²) in [7, 11) is 0. The lowest BCUT2D eigenvalue weighted by atomic mass is 10.00.